The van der Waals surface area contributed by atoms with E-state index >= 15 is 0 Å². The maximum atomic E-state index is 12.6. The van der Waals surface area contributed by atoms with Crippen LogP contribution >= 0.6 is 11.6 Å². The Hall–Kier alpha value is -2.53. The van der Waals surface area contributed by atoms with Gasteiger partial charge in [0.05, 0.1) is 10.7 Å². The van der Waals surface area contributed by atoms with Crippen LogP contribution in [0.1, 0.15) is 45.1 Å². The summed E-state index contributed by atoms with van der Waals surface area (Å²) in [5.74, 6) is 0.293. The van der Waals surface area contributed by atoms with Gasteiger partial charge in [-0.2, -0.15) is 0 Å². The summed E-state index contributed by atoms with van der Waals surface area (Å²) in [6.45, 7) is 6.70. The zero-order chi connectivity index (χ0) is 20.3. The van der Waals surface area contributed by atoms with Crippen LogP contribution in [0.15, 0.2) is 42.5 Å². The number of para-hydroxylation sites is 1. The first kappa shape index (κ1) is 20.2. The summed E-state index contributed by atoms with van der Waals surface area (Å²) >= 11 is 6.39. The van der Waals surface area contributed by atoms with Crippen molar-refractivity contribution in [1.29, 1.82) is 0 Å². The van der Waals surface area contributed by atoms with Crippen molar-refractivity contribution in [2.24, 2.45) is 0 Å². The lowest BCUT2D eigenvalue weighted by Gasteiger charge is -2.20. The minimum atomic E-state index is -0.449. The van der Waals surface area contributed by atoms with E-state index < -0.39 is 6.04 Å². The van der Waals surface area contributed by atoms with Gasteiger partial charge in [-0.05, 0) is 49.1 Å². The van der Waals surface area contributed by atoms with Crippen molar-refractivity contribution < 1.29 is 9.59 Å². The Balaban J connectivity index is 1.67. The lowest BCUT2D eigenvalue weighted by Crippen LogP contribution is -2.32. The Bertz CT molecular complexity index is 882. The minimum absolute atomic E-state index is 0.0965. The maximum absolute atomic E-state index is 12.6. The molecule has 0 aromatic heterocycles. The summed E-state index contributed by atoms with van der Waals surface area (Å²) in [6.07, 6.45) is 1.41. The van der Waals surface area contributed by atoms with Crippen LogP contribution < -0.4 is 15.5 Å². The zero-order valence-electron chi connectivity index (χ0n) is 16.5. The van der Waals surface area contributed by atoms with E-state index in [1.54, 1.807) is 17.9 Å². The van der Waals surface area contributed by atoms with Crippen LogP contribution in [0.4, 0.5) is 17.1 Å². The third-order valence-electron chi connectivity index (χ3n) is 4.93. The van der Waals surface area contributed by atoms with Crippen LogP contribution in [0.25, 0.3) is 0 Å². The predicted octanol–water partition coefficient (Wildman–Crippen LogP) is 5.03. The second-order valence-electron chi connectivity index (χ2n) is 7.41. The van der Waals surface area contributed by atoms with Crippen LogP contribution in [-0.4, -0.2) is 24.4 Å². The van der Waals surface area contributed by atoms with Crippen LogP contribution in [0.2, 0.25) is 5.02 Å². The SMILES string of the molecule is CC(C)c1ccccc1NC(=O)[C@@H](C)Nc1ccc(N2CCCC2=O)c(Cl)c1. The first-order chi connectivity index (χ1) is 13.4. The summed E-state index contributed by atoms with van der Waals surface area (Å²) in [5, 5.41) is 6.68. The van der Waals surface area contributed by atoms with Gasteiger partial charge in [0.2, 0.25) is 11.8 Å². The predicted molar refractivity (Wildman–Crippen MR) is 115 cm³/mol. The molecular weight excluding hydrogens is 374 g/mol. The molecule has 2 aromatic rings. The third-order valence-corrected chi connectivity index (χ3v) is 5.23. The Morgan fingerprint density at radius 2 is 1.89 bits per heavy atom. The molecule has 1 aliphatic heterocycles. The molecule has 2 aromatic carbocycles. The fourth-order valence-electron chi connectivity index (χ4n) is 3.39. The number of halogens is 1. The molecule has 0 spiro atoms. The highest BCUT2D eigenvalue weighted by Crippen LogP contribution is 2.32. The second-order valence-corrected chi connectivity index (χ2v) is 7.82. The molecule has 5 nitrogen and oxygen atoms in total. The summed E-state index contributed by atoms with van der Waals surface area (Å²) in [4.78, 5) is 26.3. The van der Waals surface area contributed by atoms with Crippen molar-refractivity contribution in [3.05, 3.63) is 53.1 Å². The average molecular weight is 400 g/mol. The fourth-order valence-corrected chi connectivity index (χ4v) is 3.67. The summed E-state index contributed by atoms with van der Waals surface area (Å²) in [6, 6.07) is 12.8. The Morgan fingerprint density at radius 1 is 1.14 bits per heavy atom. The molecule has 0 bridgehead atoms. The Kier molecular flexibility index (Phi) is 6.25. The van der Waals surface area contributed by atoms with Crippen molar-refractivity contribution in [2.45, 2.75) is 45.6 Å². The number of nitrogens with zero attached hydrogens (tertiary/aromatic N) is 1. The molecule has 0 aliphatic carbocycles. The number of nitrogens with one attached hydrogen (secondary N) is 2. The van der Waals surface area contributed by atoms with Gasteiger partial charge in [0.1, 0.15) is 6.04 Å². The van der Waals surface area contributed by atoms with Gasteiger partial charge in [-0.25, -0.2) is 0 Å². The topological polar surface area (TPSA) is 61.4 Å². The molecule has 0 radical (unpaired) electrons. The molecule has 28 heavy (non-hydrogen) atoms. The lowest BCUT2D eigenvalue weighted by molar-refractivity contribution is -0.117. The van der Waals surface area contributed by atoms with Gasteiger partial charge in [0.25, 0.3) is 0 Å². The van der Waals surface area contributed by atoms with Crippen molar-refractivity contribution in [2.75, 3.05) is 22.1 Å². The quantitative estimate of drug-likeness (QED) is 0.716. The number of benzene rings is 2. The van der Waals surface area contributed by atoms with Crippen molar-refractivity contribution in [3.63, 3.8) is 0 Å². The number of anilines is 3. The number of rotatable bonds is 6. The van der Waals surface area contributed by atoms with Gasteiger partial charge in [-0.15, -0.1) is 0 Å². The van der Waals surface area contributed by atoms with Gasteiger partial charge >= 0.3 is 0 Å². The summed E-state index contributed by atoms with van der Waals surface area (Å²) < 4.78 is 0. The third kappa shape index (κ3) is 4.47. The van der Waals surface area contributed by atoms with Crippen molar-refractivity contribution in [1.82, 2.24) is 0 Å². The van der Waals surface area contributed by atoms with Gasteiger partial charge in [0.15, 0.2) is 0 Å². The fraction of sp³-hybridized carbons (Fsp3) is 0.364. The molecule has 3 rings (SSSR count). The molecule has 2 amide bonds. The Labute approximate surface area is 171 Å². The highest BCUT2D eigenvalue weighted by molar-refractivity contribution is 6.34. The van der Waals surface area contributed by atoms with Crippen LogP contribution in [0.3, 0.4) is 0 Å². The molecule has 0 unspecified atom stereocenters. The lowest BCUT2D eigenvalue weighted by atomic mass is 10.0. The molecule has 6 heteroatoms. The number of hydrogen-bond acceptors (Lipinski definition) is 3. The highest BCUT2D eigenvalue weighted by Gasteiger charge is 2.24. The molecule has 1 aliphatic rings. The molecule has 148 valence electrons. The number of carbonyl (C=O) groups excluding carboxylic acids is 2. The smallest absolute Gasteiger partial charge is 0.246 e. The van der Waals surface area contributed by atoms with Crippen LogP contribution in [0, 0.1) is 0 Å². The number of amides is 2. The summed E-state index contributed by atoms with van der Waals surface area (Å²) in [7, 11) is 0. The molecule has 1 fully saturated rings. The maximum Gasteiger partial charge on any atom is 0.246 e. The van der Waals surface area contributed by atoms with Crippen LogP contribution in [-0.2, 0) is 9.59 Å². The van der Waals surface area contributed by atoms with Gasteiger partial charge in [-0.1, -0.05) is 43.6 Å². The van der Waals surface area contributed by atoms with E-state index in [9.17, 15) is 9.59 Å². The molecule has 1 heterocycles. The largest absolute Gasteiger partial charge is 0.374 e. The normalized spacial score (nSPS) is 15.0. The van der Waals surface area contributed by atoms with E-state index in [2.05, 4.69) is 24.5 Å². The number of hydrogen-bond donors (Lipinski definition) is 2. The van der Waals surface area contributed by atoms with Crippen LogP contribution in [0.5, 0.6) is 0 Å². The van der Waals surface area contributed by atoms with E-state index in [4.69, 9.17) is 11.6 Å². The first-order valence-electron chi connectivity index (χ1n) is 9.63. The average Bonchev–Trinajstić information content (AvgIpc) is 3.07. The molecule has 1 saturated heterocycles. The first-order valence-corrected chi connectivity index (χ1v) is 10.0. The van der Waals surface area contributed by atoms with Gasteiger partial charge < -0.3 is 15.5 Å². The van der Waals surface area contributed by atoms with Gasteiger partial charge in [0, 0.05) is 24.3 Å². The van der Waals surface area contributed by atoms with Crippen molar-refractivity contribution >= 4 is 40.5 Å². The van der Waals surface area contributed by atoms with E-state index in [0.29, 0.717) is 23.9 Å². The van der Waals surface area contributed by atoms with E-state index in [1.807, 2.05) is 36.4 Å². The molecule has 1 atom stereocenters. The molecular formula is C22H26ClN3O2. The van der Waals surface area contributed by atoms with Crippen molar-refractivity contribution in [3.8, 4) is 0 Å². The Morgan fingerprint density at radius 3 is 2.54 bits per heavy atom. The van der Waals surface area contributed by atoms with E-state index in [0.717, 1.165) is 29.0 Å². The van der Waals surface area contributed by atoms with Gasteiger partial charge in [-0.3, -0.25) is 9.59 Å². The van der Waals surface area contributed by atoms with E-state index in [1.165, 1.54) is 0 Å². The number of carbonyl (C=O) groups is 2. The standard InChI is InChI=1S/C22H26ClN3O2/c1-14(2)17-7-4-5-8-19(17)25-22(28)15(3)24-16-10-11-20(18(23)13-16)26-12-6-9-21(26)27/h4-5,7-8,10-11,13-15,24H,6,9,12H2,1-3H3,(H,25,28)/t15-/m1/s1. The summed E-state index contributed by atoms with van der Waals surface area (Å²) in [5.41, 5.74) is 3.39. The minimum Gasteiger partial charge on any atom is -0.374 e. The zero-order valence-corrected chi connectivity index (χ0v) is 17.2. The second kappa shape index (κ2) is 8.65. The van der Waals surface area contributed by atoms with E-state index in [-0.39, 0.29) is 11.8 Å². The monoisotopic (exact) mass is 399 g/mol. The molecule has 2 N–H and O–H groups in total. The molecule has 0 saturated carbocycles. The highest BCUT2D eigenvalue weighted by atomic mass is 35.5.